The number of rotatable bonds is 11. The van der Waals surface area contributed by atoms with Gasteiger partial charge in [0.1, 0.15) is 16.5 Å². The van der Waals surface area contributed by atoms with Crippen LogP contribution in [-0.4, -0.2) is 63.3 Å². The molecule has 2 aromatic rings. The summed E-state index contributed by atoms with van der Waals surface area (Å²) in [7, 11) is 3.34. The Hall–Kier alpha value is -2.27. The molecule has 0 aliphatic rings. The first kappa shape index (κ1) is 24.0. The highest BCUT2D eigenvalue weighted by Crippen LogP contribution is 2.34. The minimum absolute atomic E-state index is 0.0937. The van der Waals surface area contributed by atoms with E-state index < -0.39 is 11.9 Å². The third-order valence-corrected chi connectivity index (χ3v) is 5.95. The van der Waals surface area contributed by atoms with Crippen LogP contribution >= 0.6 is 22.7 Å². The maximum Gasteiger partial charge on any atom is 0.348 e. The molecule has 0 radical (unpaired) electrons. The zero-order chi connectivity index (χ0) is 22.1. The van der Waals surface area contributed by atoms with Crippen LogP contribution in [0, 0.1) is 6.92 Å². The number of ether oxygens (including phenoxy) is 3. The van der Waals surface area contributed by atoms with E-state index in [1.165, 1.54) is 7.11 Å². The van der Waals surface area contributed by atoms with E-state index >= 15 is 0 Å². The molecule has 8 nitrogen and oxygen atoms in total. The van der Waals surface area contributed by atoms with Gasteiger partial charge in [-0.15, -0.1) is 11.3 Å². The average Bonchev–Trinajstić information content (AvgIpc) is 3.29. The van der Waals surface area contributed by atoms with Gasteiger partial charge in [0.15, 0.2) is 0 Å². The summed E-state index contributed by atoms with van der Waals surface area (Å²) in [4.78, 5) is 39.5. The topological polar surface area (TPSA) is 94.2 Å². The fourth-order valence-corrected chi connectivity index (χ4v) is 4.45. The maximum absolute atomic E-state index is 12.6. The van der Waals surface area contributed by atoms with E-state index in [9.17, 15) is 14.4 Å². The number of hydrogen-bond donors (Lipinski definition) is 1. The highest BCUT2D eigenvalue weighted by molar-refractivity contribution is 7.18. The monoisotopic (exact) mass is 454 g/mol. The smallest absolute Gasteiger partial charge is 0.348 e. The Labute approximate surface area is 183 Å². The van der Waals surface area contributed by atoms with Crippen molar-refractivity contribution in [3.8, 4) is 0 Å². The van der Waals surface area contributed by atoms with Crippen LogP contribution in [0.25, 0.3) is 0 Å². The average molecular weight is 455 g/mol. The Bertz CT molecular complexity index is 863. The molecule has 0 aromatic carbocycles. The molecule has 164 valence electrons. The van der Waals surface area contributed by atoms with Gasteiger partial charge in [-0.3, -0.25) is 9.69 Å². The summed E-state index contributed by atoms with van der Waals surface area (Å²) in [6.07, 6.45) is 0. The second-order valence-corrected chi connectivity index (χ2v) is 8.26. The number of carbonyl (C=O) groups excluding carboxylic acids is 3. The zero-order valence-corrected chi connectivity index (χ0v) is 19.1. The van der Waals surface area contributed by atoms with Crippen molar-refractivity contribution < 1.29 is 28.6 Å². The molecule has 1 amide bonds. The van der Waals surface area contributed by atoms with Gasteiger partial charge in [-0.05, 0) is 48.8 Å². The highest BCUT2D eigenvalue weighted by atomic mass is 32.1. The first-order valence-corrected chi connectivity index (χ1v) is 11.1. The van der Waals surface area contributed by atoms with Gasteiger partial charge in [0.25, 0.3) is 0 Å². The predicted molar refractivity (Wildman–Crippen MR) is 116 cm³/mol. The zero-order valence-electron chi connectivity index (χ0n) is 17.5. The van der Waals surface area contributed by atoms with Crippen molar-refractivity contribution in [2.75, 3.05) is 45.8 Å². The SMILES string of the molecule is CCOC(=O)c1c(NC(=O)CN(C)Cc2ccsc2)sc(C(=O)OCCOC)c1C. The number of anilines is 1. The van der Waals surface area contributed by atoms with Crippen LogP contribution in [0.5, 0.6) is 0 Å². The Balaban J connectivity index is 2.15. The van der Waals surface area contributed by atoms with Gasteiger partial charge in [0.05, 0.1) is 25.3 Å². The van der Waals surface area contributed by atoms with Crippen molar-refractivity contribution in [3.63, 3.8) is 0 Å². The fraction of sp³-hybridized carbons (Fsp3) is 0.450. The van der Waals surface area contributed by atoms with E-state index in [1.807, 2.05) is 28.8 Å². The molecule has 30 heavy (non-hydrogen) atoms. The number of hydrogen-bond acceptors (Lipinski definition) is 9. The highest BCUT2D eigenvalue weighted by Gasteiger charge is 2.27. The minimum atomic E-state index is -0.593. The number of carbonyl (C=O) groups is 3. The van der Waals surface area contributed by atoms with E-state index in [1.54, 1.807) is 25.2 Å². The molecule has 0 saturated heterocycles. The number of nitrogens with one attached hydrogen (secondary N) is 1. The van der Waals surface area contributed by atoms with E-state index in [0.717, 1.165) is 16.9 Å². The summed E-state index contributed by atoms with van der Waals surface area (Å²) in [6.45, 7) is 4.62. The standard InChI is InChI=1S/C20H26N2O6S2/c1-5-27-19(24)16-13(2)17(20(25)28-8-7-26-4)30-18(16)21-15(23)11-22(3)10-14-6-9-29-12-14/h6,9,12H,5,7-8,10-11H2,1-4H3,(H,21,23). The number of likely N-dealkylation sites (N-methyl/N-ethyl adjacent to an activating group) is 1. The summed E-state index contributed by atoms with van der Waals surface area (Å²) in [5, 5.41) is 7.04. The van der Waals surface area contributed by atoms with Crippen LogP contribution in [0.4, 0.5) is 5.00 Å². The predicted octanol–water partition coefficient (Wildman–Crippen LogP) is 3.17. The van der Waals surface area contributed by atoms with Gasteiger partial charge in [-0.25, -0.2) is 9.59 Å². The molecule has 2 rings (SSSR count). The maximum atomic E-state index is 12.6. The van der Waals surface area contributed by atoms with Crippen molar-refractivity contribution >= 4 is 45.5 Å². The molecule has 0 spiro atoms. The third kappa shape index (κ3) is 6.63. The molecule has 0 bridgehead atoms. The molecule has 0 atom stereocenters. The normalized spacial score (nSPS) is 10.8. The quantitative estimate of drug-likeness (QED) is 0.412. The summed E-state index contributed by atoms with van der Waals surface area (Å²) in [5.41, 5.74) is 1.72. The molecular weight excluding hydrogens is 428 g/mol. The van der Waals surface area contributed by atoms with Crippen LogP contribution in [0.15, 0.2) is 16.8 Å². The lowest BCUT2D eigenvalue weighted by Gasteiger charge is -2.15. The summed E-state index contributed by atoms with van der Waals surface area (Å²) < 4.78 is 15.1. The van der Waals surface area contributed by atoms with Crippen LogP contribution in [-0.2, 0) is 25.5 Å². The summed E-state index contributed by atoms with van der Waals surface area (Å²) in [6, 6.07) is 2.00. The second kappa shape index (κ2) is 11.8. The molecule has 10 heteroatoms. The molecule has 2 heterocycles. The van der Waals surface area contributed by atoms with E-state index in [4.69, 9.17) is 14.2 Å². The van der Waals surface area contributed by atoms with Crippen LogP contribution in [0.2, 0.25) is 0 Å². The molecule has 0 fully saturated rings. The lowest BCUT2D eigenvalue weighted by Crippen LogP contribution is -2.30. The Kier molecular flexibility index (Phi) is 9.44. The molecule has 0 saturated carbocycles. The molecule has 0 unspecified atom stereocenters. The molecule has 0 aliphatic heterocycles. The van der Waals surface area contributed by atoms with Gasteiger partial charge in [-0.2, -0.15) is 11.3 Å². The number of amides is 1. The Morgan fingerprint density at radius 1 is 1.17 bits per heavy atom. The Morgan fingerprint density at radius 2 is 1.93 bits per heavy atom. The third-order valence-electron chi connectivity index (χ3n) is 4.03. The van der Waals surface area contributed by atoms with Crippen molar-refractivity contribution in [1.29, 1.82) is 0 Å². The second-order valence-electron chi connectivity index (χ2n) is 6.46. The van der Waals surface area contributed by atoms with Gasteiger partial charge >= 0.3 is 11.9 Å². The largest absolute Gasteiger partial charge is 0.462 e. The molecular formula is C20H26N2O6S2. The first-order valence-electron chi connectivity index (χ1n) is 9.33. The van der Waals surface area contributed by atoms with E-state index in [-0.39, 0.29) is 47.7 Å². The van der Waals surface area contributed by atoms with Gasteiger partial charge in [-0.1, -0.05) is 0 Å². The van der Waals surface area contributed by atoms with Crippen LogP contribution < -0.4 is 5.32 Å². The van der Waals surface area contributed by atoms with Gasteiger partial charge in [0.2, 0.25) is 5.91 Å². The molecule has 2 aromatic heterocycles. The van der Waals surface area contributed by atoms with Crippen LogP contribution in [0.1, 0.15) is 38.1 Å². The van der Waals surface area contributed by atoms with E-state index in [2.05, 4.69) is 5.32 Å². The Morgan fingerprint density at radius 3 is 2.57 bits per heavy atom. The molecule has 0 aliphatic carbocycles. The number of thiophene rings is 2. The minimum Gasteiger partial charge on any atom is -0.462 e. The summed E-state index contributed by atoms with van der Waals surface area (Å²) in [5.74, 6) is -1.46. The molecule has 1 N–H and O–H groups in total. The summed E-state index contributed by atoms with van der Waals surface area (Å²) >= 11 is 2.60. The lowest BCUT2D eigenvalue weighted by molar-refractivity contribution is -0.117. The van der Waals surface area contributed by atoms with E-state index in [0.29, 0.717) is 12.1 Å². The fourth-order valence-electron chi connectivity index (χ4n) is 2.69. The number of nitrogens with zero attached hydrogens (tertiary/aromatic N) is 1. The number of esters is 2. The van der Waals surface area contributed by atoms with Gasteiger partial charge < -0.3 is 19.5 Å². The first-order chi connectivity index (χ1) is 14.4. The van der Waals surface area contributed by atoms with Crippen molar-refractivity contribution in [2.45, 2.75) is 20.4 Å². The van der Waals surface area contributed by atoms with Crippen molar-refractivity contribution in [1.82, 2.24) is 4.90 Å². The lowest BCUT2D eigenvalue weighted by atomic mass is 10.1. The van der Waals surface area contributed by atoms with Crippen LogP contribution in [0.3, 0.4) is 0 Å². The number of methoxy groups -OCH3 is 1. The van der Waals surface area contributed by atoms with Crippen molar-refractivity contribution in [2.24, 2.45) is 0 Å². The van der Waals surface area contributed by atoms with Crippen molar-refractivity contribution in [3.05, 3.63) is 38.4 Å². The van der Waals surface area contributed by atoms with Gasteiger partial charge in [0, 0.05) is 13.7 Å².